The quantitative estimate of drug-likeness (QED) is 0.789. The minimum absolute atomic E-state index is 0.334. The van der Waals surface area contributed by atoms with Crippen molar-refractivity contribution >= 4 is 5.69 Å². The normalized spacial score (nSPS) is 21.1. The Balaban J connectivity index is 1.93. The highest BCUT2D eigenvalue weighted by Gasteiger charge is 2.60. The van der Waals surface area contributed by atoms with Crippen LogP contribution in [0.25, 0.3) is 0 Å². The van der Waals surface area contributed by atoms with Gasteiger partial charge in [-0.3, -0.25) is 0 Å². The molecule has 0 radical (unpaired) electrons. The largest absolute Gasteiger partial charge is 0.497 e. The van der Waals surface area contributed by atoms with Gasteiger partial charge in [-0.15, -0.1) is 0 Å². The van der Waals surface area contributed by atoms with E-state index in [0.29, 0.717) is 12.1 Å². The molecule has 1 unspecified atom stereocenters. The van der Waals surface area contributed by atoms with Gasteiger partial charge in [0.05, 0.1) is 13.7 Å². The monoisotopic (exact) mass is 275 g/mol. The molecule has 2 aromatic rings. The number of benzene rings is 2. The van der Waals surface area contributed by atoms with E-state index in [9.17, 15) is 8.78 Å². The topological polar surface area (TPSA) is 12.2 Å². The molecule has 20 heavy (non-hydrogen) atoms. The van der Waals surface area contributed by atoms with Gasteiger partial charge >= 0.3 is 0 Å². The molecule has 3 rings (SSSR count). The maximum Gasteiger partial charge on any atom is 0.267 e. The Hall–Kier alpha value is -2.10. The van der Waals surface area contributed by atoms with Gasteiger partial charge in [-0.2, -0.15) is 0 Å². The van der Waals surface area contributed by atoms with Crippen LogP contribution >= 0.6 is 0 Å². The molecular formula is C16H15F2NO. The summed E-state index contributed by atoms with van der Waals surface area (Å²) in [6.07, 6.45) is -2.42. The first-order chi connectivity index (χ1) is 9.68. The second kappa shape index (κ2) is 4.78. The number of hydrogen-bond acceptors (Lipinski definition) is 2. The van der Waals surface area contributed by atoms with E-state index in [-0.39, 0.29) is 0 Å². The summed E-state index contributed by atoms with van der Waals surface area (Å²) in [5.74, 6) is 0.720. The van der Waals surface area contributed by atoms with Gasteiger partial charge in [0, 0.05) is 5.69 Å². The van der Waals surface area contributed by atoms with E-state index in [1.165, 1.54) is 0 Å². The predicted molar refractivity (Wildman–Crippen MR) is 74.5 cm³/mol. The van der Waals surface area contributed by atoms with Crippen LogP contribution in [0.2, 0.25) is 0 Å². The fourth-order valence-corrected chi connectivity index (χ4v) is 2.58. The smallest absolute Gasteiger partial charge is 0.267 e. The lowest BCUT2D eigenvalue weighted by Crippen LogP contribution is -2.25. The summed E-state index contributed by atoms with van der Waals surface area (Å²) in [7, 11) is 1.58. The van der Waals surface area contributed by atoms with Crippen molar-refractivity contribution in [3.63, 3.8) is 0 Å². The van der Waals surface area contributed by atoms with Crippen LogP contribution in [0.1, 0.15) is 5.56 Å². The van der Waals surface area contributed by atoms with Gasteiger partial charge in [0.25, 0.3) is 6.43 Å². The molecule has 1 atom stereocenters. The Morgan fingerprint density at radius 1 is 1.05 bits per heavy atom. The fourth-order valence-electron chi connectivity index (χ4n) is 2.58. The lowest BCUT2D eigenvalue weighted by atomic mass is 9.99. The Kier molecular flexibility index (Phi) is 3.08. The van der Waals surface area contributed by atoms with Crippen molar-refractivity contribution in [3.8, 4) is 5.75 Å². The molecule has 104 valence electrons. The van der Waals surface area contributed by atoms with Crippen LogP contribution in [0.4, 0.5) is 14.5 Å². The molecule has 1 fully saturated rings. The van der Waals surface area contributed by atoms with Crippen molar-refractivity contribution in [2.45, 2.75) is 12.0 Å². The van der Waals surface area contributed by atoms with Crippen LogP contribution in [0.15, 0.2) is 54.6 Å². The van der Waals surface area contributed by atoms with Gasteiger partial charge in [-0.1, -0.05) is 30.3 Å². The van der Waals surface area contributed by atoms with Gasteiger partial charge in [-0.05, 0) is 29.8 Å². The molecule has 0 aliphatic carbocycles. The molecular weight excluding hydrogens is 260 g/mol. The van der Waals surface area contributed by atoms with E-state index in [1.807, 2.05) is 18.2 Å². The summed E-state index contributed by atoms with van der Waals surface area (Å²) < 4.78 is 32.2. The van der Waals surface area contributed by atoms with E-state index < -0.39 is 12.0 Å². The molecule has 0 spiro atoms. The maximum atomic E-state index is 13.6. The third kappa shape index (κ3) is 1.92. The average molecular weight is 275 g/mol. The lowest BCUT2D eigenvalue weighted by Gasteiger charge is -2.18. The average Bonchev–Trinajstić information content (AvgIpc) is 3.25. The summed E-state index contributed by atoms with van der Waals surface area (Å²) in [6.45, 7) is 0.334. The summed E-state index contributed by atoms with van der Waals surface area (Å²) in [5.41, 5.74) is 0.260. The number of anilines is 1. The zero-order chi connectivity index (χ0) is 14.2. The van der Waals surface area contributed by atoms with E-state index in [1.54, 1.807) is 48.4 Å². The van der Waals surface area contributed by atoms with E-state index in [2.05, 4.69) is 0 Å². The Bertz CT molecular complexity index is 585. The van der Waals surface area contributed by atoms with Gasteiger partial charge < -0.3 is 9.64 Å². The summed E-state index contributed by atoms with van der Waals surface area (Å²) >= 11 is 0. The standard InChI is InChI=1S/C16H15F2NO/c1-20-14-9-7-13(8-10-14)19-11-16(19,15(17)18)12-5-3-2-4-6-12/h2-10,15H,11H2,1H3. The molecule has 0 N–H and O–H groups in total. The van der Waals surface area contributed by atoms with Crippen LogP contribution in [0.3, 0.4) is 0 Å². The molecule has 1 saturated heterocycles. The third-order valence-electron chi connectivity index (χ3n) is 3.80. The van der Waals surface area contributed by atoms with Crippen molar-refractivity contribution < 1.29 is 13.5 Å². The van der Waals surface area contributed by atoms with Crippen molar-refractivity contribution in [1.82, 2.24) is 0 Å². The molecule has 2 aromatic carbocycles. The van der Waals surface area contributed by atoms with E-state index in [4.69, 9.17) is 4.74 Å². The van der Waals surface area contributed by atoms with Crippen LogP contribution in [-0.4, -0.2) is 20.1 Å². The third-order valence-corrected chi connectivity index (χ3v) is 3.80. The van der Waals surface area contributed by atoms with E-state index >= 15 is 0 Å². The summed E-state index contributed by atoms with van der Waals surface area (Å²) in [6, 6.07) is 16.1. The zero-order valence-corrected chi connectivity index (χ0v) is 11.1. The second-order valence-electron chi connectivity index (χ2n) is 4.88. The first kappa shape index (κ1) is 12.9. The molecule has 1 heterocycles. The molecule has 0 aromatic heterocycles. The van der Waals surface area contributed by atoms with Crippen molar-refractivity contribution in [3.05, 3.63) is 60.2 Å². The number of ether oxygens (including phenoxy) is 1. The molecule has 1 aliphatic heterocycles. The molecule has 4 heteroatoms. The van der Waals surface area contributed by atoms with Crippen LogP contribution in [0, 0.1) is 0 Å². The first-order valence-corrected chi connectivity index (χ1v) is 6.44. The number of hydrogen-bond donors (Lipinski definition) is 0. The summed E-state index contributed by atoms with van der Waals surface area (Å²) in [5, 5.41) is 0. The highest BCUT2D eigenvalue weighted by molar-refractivity contribution is 5.62. The first-order valence-electron chi connectivity index (χ1n) is 6.44. The number of alkyl halides is 2. The number of methoxy groups -OCH3 is 1. The van der Waals surface area contributed by atoms with E-state index in [0.717, 1.165) is 11.4 Å². The Morgan fingerprint density at radius 2 is 1.70 bits per heavy atom. The maximum absolute atomic E-state index is 13.6. The molecule has 0 amide bonds. The highest BCUT2D eigenvalue weighted by atomic mass is 19.3. The van der Waals surface area contributed by atoms with Crippen molar-refractivity contribution in [2.75, 3.05) is 18.6 Å². The van der Waals surface area contributed by atoms with Gasteiger partial charge in [0.1, 0.15) is 11.3 Å². The second-order valence-corrected chi connectivity index (χ2v) is 4.88. The highest BCUT2D eigenvalue weighted by Crippen LogP contribution is 2.50. The molecule has 1 aliphatic rings. The van der Waals surface area contributed by atoms with Crippen LogP contribution in [0.5, 0.6) is 5.75 Å². The predicted octanol–water partition coefficient (Wildman–Crippen LogP) is 3.68. The SMILES string of the molecule is COc1ccc(N2CC2(c2ccccc2)C(F)F)cc1. The van der Waals surface area contributed by atoms with Crippen LogP contribution < -0.4 is 9.64 Å². The van der Waals surface area contributed by atoms with Gasteiger partial charge in [-0.25, -0.2) is 8.78 Å². The van der Waals surface area contributed by atoms with Crippen LogP contribution in [-0.2, 0) is 5.54 Å². The molecule has 2 nitrogen and oxygen atoms in total. The number of rotatable bonds is 4. The Labute approximate surface area is 116 Å². The number of halogens is 2. The lowest BCUT2D eigenvalue weighted by molar-refractivity contribution is 0.104. The minimum Gasteiger partial charge on any atom is -0.497 e. The fraction of sp³-hybridized carbons (Fsp3) is 0.250. The number of nitrogens with zero attached hydrogens (tertiary/aromatic N) is 1. The summed E-state index contributed by atoms with van der Waals surface area (Å²) in [4.78, 5) is 1.73. The van der Waals surface area contributed by atoms with Gasteiger partial charge in [0.2, 0.25) is 0 Å². The molecule has 0 bridgehead atoms. The zero-order valence-electron chi connectivity index (χ0n) is 11.1. The minimum atomic E-state index is -2.42. The van der Waals surface area contributed by atoms with Crippen molar-refractivity contribution in [2.24, 2.45) is 0 Å². The van der Waals surface area contributed by atoms with Gasteiger partial charge in [0.15, 0.2) is 0 Å². The van der Waals surface area contributed by atoms with Crippen molar-refractivity contribution in [1.29, 1.82) is 0 Å². The Morgan fingerprint density at radius 3 is 2.25 bits per heavy atom. The molecule has 0 saturated carbocycles.